The number of esters is 1. The van der Waals surface area contributed by atoms with Crippen LogP contribution in [0, 0.1) is 0 Å². The molecule has 0 radical (unpaired) electrons. The van der Waals surface area contributed by atoms with Crippen LogP contribution in [0.4, 0.5) is 5.69 Å². The number of allylic oxidation sites excluding steroid dienone is 1. The molecule has 174 valence electrons. The van der Waals surface area contributed by atoms with Gasteiger partial charge < -0.3 is 25.0 Å². The van der Waals surface area contributed by atoms with E-state index in [-0.39, 0.29) is 12.5 Å². The summed E-state index contributed by atoms with van der Waals surface area (Å²) in [6, 6.07) is 14.4. The van der Waals surface area contributed by atoms with Crippen molar-refractivity contribution in [2.45, 2.75) is 26.3 Å². The SMILES string of the molecule is CCc1ccc(C(=O)Nc2ccc(C3NC(=S)N(C)C(C)=C3C(=O)OCCOC)cc2)cc1. The molecule has 1 amide bonds. The number of amides is 1. The van der Waals surface area contributed by atoms with E-state index in [2.05, 4.69) is 17.6 Å². The molecule has 1 unspecified atom stereocenters. The molecular formula is C25H29N3O4S. The first-order chi connectivity index (χ1) is 15.8. The van der Waals surface area contributed by atoms with Crippen LogP contribution in [0.3, 0.4) is 0 Å². The minimum Gasteiger partial charge on any atom is -0.460 e. The Bertz CT molecular complexity index is 1050. The van der Waals surface area contributed by atoms with Gasteiger partial charge >= 0.3 is 5.97 Å². The van der Waals surface area contributed by atoms with Crippen LogP contribution in [0.25, 0.3) is 0 Å². The largest absolute Gasteiger partial charge is 0.460 e. The van der Waals surface area contributed by atoms with Gasteiger partial charge in [0.15, 0.2) is 5.11 Å². The predicted molar refractivity (Wildman–Crippen MR) is 132 cm³/mol. The van der Waals surface area contributed by atoms with Gasteiger partial charge in [-0.2, -0.15) is 0 Å². The predicted octanol–water partition coefficient (Wildman–Crippen LogP) is 3.83. The molecule has 2 aromatic carbocycles. The second-order valence-corrected chi connectivity index (χ2v) is 8.08. The van der Waals surface area contributed by atoms with Gasteiger partial charge in [0.1, 0.15) is 6.61 Å². The fourth-order valence-corrected chi connectivity index (χ4v) is 3.75. The van der Waals surface area contributed by atoms with Gasteiger partial charge in [0.25, 0.3) is 5.91 Å². The van der Waals surface area contributed by atoms with Gasteiger partial charge in [-0.1, -0.05) is 31.2 Å². The van der Waals surface area contributed by atoms with E-state index in [0.717, 1.165) is 17.7 Å². The molecule has 1 atom stereocenters. The molecule has 2 aromatic rings. The van der Waals surface area contributed by atoms with Crippen LogP contribution in [0.15, 0.2) is 59.8 Å². The Labute approximate surface area is 199 Å². The summed E-state index contributed by atoms with van der Waals surface area (Å²) in [5.74, 6) is -0.605. The van der Waals surface area contributed by atoms with Crippen LogP contribution < -0.4 is 10.6 Å². The highest BCUT2D eigenvalue weighted by Crippen LogP contribution is 2.31. The van der Waals surface area contributed by atoms with Crippen molar-refractivity contribution in [3.63, 3.8) is 0 Å². The number of aryl methyl sites for hydroxylation is 1. The zero-order valence-electron chi connectivity index (χ0n) is 19.3. The molecule has 0 spiro atoms. The zero-order chi connectivity index (χ0) is 24.0. The van der Waals surface area contributed by atoms with Crippen LogP contribution in [0.5, 0.6) is 0 Å². The van der Waals surface area contributed by atoms with E-state index in [1.807, 2.05) is 43.3 Å². The molecule has 0 aromatic heterocycles. The van der Waals surface area contributed by atoms with Crippen molar-refractivity contribution >= 4 is 34.9 Å². The van der Waals surface area contributed by atoms with Gasteiger partial charge in [0.2, 0.25) is 0 Å². The van der Waals surface area contributed by atoms with Gasteiger partial charge in [-0.05, 0) is 61.0 Å². The fourth-order valence-electron chi connectivity index (χ4n) is 3.50. The highest BCUT2D eigenvalue weighted by Gasteiger charge is 2.33. The van der Waals surface area contributed by atoms with E-state index in [1.165, 1.54) is 5.56 Å². The maximum absolute atomic E-state index is 12.8. The number of hydrogen-bond acceptors (Lipinski definition) is 5. The topological polar surface area (TPSA) is 79.9 Å². The van der Waals surface area contributed by atoms with E-state index in [4.69, 9.17) is 21.7 Å². The van der Waals surface area contributed by atoms with Gasteiger partial charge in [0.05, 0.1) is 18.2 Å². The highest BCUT2D eigenvalue weighted by atomic mass is 32.1. The van der Waals surface area contributed by atoms with Crippen molar-refractivity contribution in [2.75, 3.05) is 32.7 Å². The number of thiocarbonyl (C=S) groups is 1. The molecule has 1 aliphatic rings. The van der Waals surface area contributed by atoms with Crippen molar-refractivity contribution < 1.29 is 19.1 Å². The number of hydrogen-bond donors (Lipinski definition) is 2. The number of anilines is 1. The summed E-state index contributed by atoms with van der Waals surface area (Å²) in [6.45, 7) is 4.40. The normalized spacial score (nSPS) is 15.8. The van der Waals surface area contributed by atoms with Crippen molar-refractivity contribution in [2.24, 2.45) is 0 Å². The lowest BCUT2D eigenvalue weighted by Crippen LogP contribution is -2.46. The number of rotatable bonds is 8. The van der Waals surface area contributed by atoms with E-state index in [9.17, 15) is 9.59 Å². The third-order valence-corrected chi connectivity index (χ3v) is 6.01. The van der Waals surface area contributed by atoms with Gasteiger partial charge in [-0.15, -0.1) is 0 Å². The Balaban J connectivity index is 1.78. The molecule has 0 saturated carbocycles. The second kappa shape index (κ2) is 11.1. The Morgan fingerprint density at radius 3 is 2.36 bits per heavy atom. The summed E-state index contributed by atoms with van der Waals surface area (Å²) >= 11 is 5.43. The third kappa shape index (κ3) is 5.77. The molecule has 3 rings (SSSR count). The standard InChI is InChI=1S/C25H29N3O4S/c1-5-17-6-8-19(9-7-17)23(29)26-20-12-10-18(11-13-20)22-21(24(30)32-15-14-31-4)16(2)28(3)25(33)27-22/h6-13,22H,5,14-15H2,1-4H3,(H,26,29)(H,27,33). The third-order valence-electron chi connectivity index (χ3n) is 5.62. The van der Waals surface area contributed by atoms with Crippen LogP contribution in [0.1, 0.15) is 41.4 Å². The van der Waals surface area contributed by atoms with Crippen LogP contribution in [-0.2, 0) is 20.7 Å². The fraction of sp³-hybridized carbons (Fsp3) is 0.320. The number of benzene rings is 2. The first-order valence-electron chi connectivity index (χ1n) is 10.8. The van der Waals surface area contributed by atoms with Gasteiger partial charge in [-0.25, -0.2) is 4.79 Å². The lowest BCUT2D eigenvalue weighted by molar-refractivity contribution is -0.140. The quantitative estimate of drug-likeness (QED) is 0.347. The van der Waals surface area contributed by atoms with E-state index in [0.29, 0.717) is 28.5 Å². The minimum absolute atomic E-state index is 0.164. The Hall–Kier alpha value is -3.23. The smallest absolute Gasteiger partial charge is 0.338 e. The molecule has 0 saturated heterocycles. The van der Waals surface area contributed by atoms with Crippen LogP contribution in [0.2, 0.25) is 0 Å². The lowest BCUT2D eigenvalue weighted by Gasteiger charge is -2.35. The number of nitrogens with zero attached hydrogens (tertiary/aromatic N) is 1. The number of carbonyl (C=O) groups excluding carboxylic acids is 2. The Morgan fingerprint density at radius 1 is 1.09 bits per heavy atom. The van der Waals surface area contributed by atoms with Crippen LogP contribution >= 0.6 is 12.2 Å². The van der Waals surface area contributed by atoms with Crippen LogP contribution in [-0.4, -0.2) is 49.3 Å². The molecular weight excluding hydrogens is 438 g/mol. The number of ether oxygens (including phenoxy) is 2. The number of nitrogens with one attached hydrogen (secondary N) is 2. The minimum atomic E-state index is -0.463. The summed E-state index contributed by atoms with van der Waals surface area (Å²) in [6.07, 6.45) is 0.924. The molecule has 0 bridgehead atoms. The Kier molecular flexibility index (Phi) is 8.19. The van der Waals surface area contributed by atoms with Crippen molar-refractivity contribution in [3.8, 4) is 0 Å². The van der Waals surface area contributed by atoms with E-state index in [1.54, 1.807) is 31.2 Å². The molecule has 0 aliphatic carbocycles. The molecule has 2 N–H and O–H groups in total. The molecule has 7 nitrogen and oxygen atoms in total. The number of methoxy groups -OCH3 is 1. The van der Waals surface area contributed by atoms with Crippen molar-refractivity contribution in [1.82, 2.24) is 10.2 Å². The summed E-state index contributed by atoms with van der Waals surface area (Å²) in [7, 11) is 3.35. The lowest BCUT2D eigenvalue weighted by atomic mass is 9.95. The molecule has 8 heteroatoms. The summed E-state index contributed by atoms with van der Waals surface area (Å²) in [5, 5.41) is 6.63. The van der Waals surface area contributed by atoms with Crippen molar-refractivity contribution in [1.29, 1.82) is 0 Å². The van der Waals surface area contributed by atoms with Crippen molar-refractivity contribution in [3.05, 3.63) is 76.5 Å². The van der Waals surface area contributed by atoms with E-state index < -0.39 is 12.0 Å². The van der Waals surface area contributed by atoms with Gasteiger partial charge in [0, 0.05) is 31.1 Å². The maximum Gasteiger partial charge on any atom is 0.338 e. The molecule has 1 aliphatic heterocycles. The summed E-state index contributed by atoms with van der Waals surface area (Å²) < 4.78 is 10.4. The maximum atomic E-state index is 12.8. The summed E-state index contributed by atoms with van der Waals surface area (Å²) in [5.41, 5.74) is 4.46. The summed E-state index contributed by atoms with van der Waals surface area (Å²) in [4.78, 5) is 27.1. The number of carbonyl (C=O) groups is 2. The highest BCUT2D eigenvalue weighted by molar-refractivity contribution is 7.80. The van der Waals surface area contributed by atoms with Gasteiger partial charge in [-0.3, -0.25) is 4.79 Å². The average molecular weight is 468 g/mol. The second-order valence-electron chi connectivity index (χ2n) is 7.70. The first-order valence-corrected chi connectivity index (χ1v) is 11.2. The Morgan fingerprint density at radius 2 is 1.76 bits per heavy atom. The molecule has 1 heterocycles. The molecule has 33 heavy (non-hydrogen) atoms. The zero-order valence-corrected chi connectivity index (χ0v) is 20.1. The van der Waals surface area contributed by atoms with E-state index >= 15 is 0 Å². The molecule has 0 fully saturated rings. The average Bonchev–Trinajstić information content (AvgIpc) is 2.83. The first kappa shape index (κ1) is 24.4. The monoisotopic (exact) mass is 467 g/mol.